The van der Waals surface area contributed by atoms with Crippen LogP contribution < -0.4 is 0 Å². The average Bonchev–Trinajstić information content (AvgIpc) is 2.46. The molecular formula is C16H22N2O. The SMILES string of the molecule is C=Cc1ccc(C(=O)N2CCCC(N(C)C)C2)cc1. The van der Waals surface area contributed by atoms with Crippen LogP contribution in [0.25, 0.3) is 6.08 Å². The Morgan fingerprint density at radius 3 is 2.63 bits per heavy atom. The Balaban J connectivity index is 2.07. The van der Waals surface area contributed by atoms with Crippen molar-refractivity contribution >= 4 is 12.0 Å². The predicted octanol–water partition coefficient (Wildman–Crippen LogP) is 2.50. The number of likely N-dealkylation sites (tertiary alicyclic amines) is 1. The highest BCUT2D eigenvalue weighted by Crippen LogP contribution is 2.17. The van der Waals surface area contributed by atoms with Gasteiger partial charge >= 0.3 is 0 Å². The van der Waals surface area contributed by atoms with E-state index in [1.54, 1.807) is 6.08 Å². The van der Waals surface area contributed by atoms with Crippen LogP contribution in [0.4, 0.5) is 0 Å². The minimum absolute atomic E-state index is 0.141. The number of carbonyl (C=O) groups excluding carboxylic acids is 1. The summed E-state index contributed by atoms with van der Waals surface area (Å²) in [6, 6.07) is 8.13. The summed E-state index contributed by atoms with van der Waals surface area (Å²) < 4.78 is 0. The zero-order chi connectivity index (χ0) is 13.8. The van der Waals surface area contributed by atoms with Crippen LogP contribution in [0, 0.1) is 0 Å². The van der Waals surface area contributed by atoms with Crippen molar-refractivity contribution in [2.45, 2.75) is 18.9 Å². The smallest absolute Gasteiger partial charge is 0.253 e. The van der Waals surface area contributed by atoms with E-state index in [1.165, 1.54) is 6.42 Å². The molecule has 0 saturated carbocycles. The molecule has 1 aromatic rings. The first-order valence-corrected chi connectivity index (χ1v) is 6.80. The second-order valence-corrected chi connectivity index (χ2v) is 5.34. The molecule has 1 saturated heterocycles. The molecule has 1 aliphatic rings. The summed E-state index contributed by atoms with van der Waals surface area (Å²) >= 11 is 0. The van der Waals surface area contributed by atoms with Gasteiger partial charge in [0, 0.05) is 24.7 Å². The first-order chi connectivity index (χ1) is 9.11. The van der Waals surface area contributed by atoms with E-state index in [-0.39, 0.29) is 5.91 Å². The van der Waals surface area contributed by atoms with Gasteiger partial charge in [-0.1, -0.05) is 24.8 Å². The van der Waals surface area contributed by atoms with Crippen LogP contribution in [-0.4, -0.2) is 48.9 Å². The van der Waals surface area contributed by atoms with Gasteiger partial charge in [-0.3, -0.25) is 4.79 Å². The van der Waals surface area contributed by atoms with E-state index in [0.717, 1.165) is 30.6 Å². The Morgan fingerprint density at radius 1 is 1.37 bits per heavy atom. The minimum atomic E-state index is 0.141. The van der Waals surface area contributed by atoms with E-state index >= 15 is 0 Å². The lowest BCUT2D eigenvalue weighted by Gasteiger charge is -2.36. The zero-order valence-electron chi connectivity index (χ0n) is 11.8. The molecule has 3 heteroatoms. The second-order valence-electron chi connectivity index (χ2n) is 5.34. The minimum Gasteiger partial charge on any atom is -0.337 e. The molecule has 1 heterocycles. The van der Waals surface area contributed by atoms with Crippen LogP contribution in [0.5, 0.6) is 0 Å². The van der Waals surface area contributed by atoms with Crippen LogP contribution in [-0.2, 0) is 0 Å². The lowest BCUT2D eigenvalue weighted by atomic mass is 10.0. The fourth-order valence-electron chi connectivity index (χ4n) is 2.51. The topological polar surface area (TPSA) is 23.6 Å². The average molecular weight is 258 g/mol. The monoisotopic (exact) mass is 258 g/mol. The van der Waals surface area contributed by atoms with E-state index in [4.69, 9.17) is 0 Å². The van der Waals surface area contributed by atoms with Crippen LogP contribution in [0.15, 0.2) is 30.8 Å². The van der Waals surface area contributed by atoms with Crippen molar-refractivity contribution in [1.82, 2.24) is 9.80 Å². The number of piperidine rings is 1. The standard InChI is InChI=1S/C16H22N2O/c1-4-13-7-9-14(10-8-13)16(19)18-11-5-6-15(12-18)17(2)3/h4,7-10,15H,1,5-6,11-12H2,2-3H3. The molecule has 2 rings (SSSR count). The normalized spacial score (nSPS) is 19.5. The molecule has 1 unspecified atom stereocenters. The molecule has 0 radical (unpaired) electrons. The molecule has 3 nitrogen and oxygen atoms in total. The molecule has 0 aromatic heterocycles. The van der Waals surface area contributed by atoms with Crippen molar-refractivity contribution < 1.29 is 4.79 Å². The molecule has 19 heavy (non-hydrogen) atoms. The van der Waals surface area contributed by atoms with Crippen molar-refractivity contribution in [3.63, 3.8) is 0 Å². The van der Waals surface area contributed by atoms with Gasteiger partial charge in [-0.05, 0) is 44.6 Å². The molecule has 1 atom stereocenters. The highest BCUT2D eigenvalue weighted by atomic mass is 16.2. The van der Waals surface area contributed by atoms with E-state index in [0.29, 0.717) is 6.04 Å². The molecule has 0 spiro atoms. The molecule has 102 valence electrons. The molecule has 1 amide bonds. The first kappa shape index (κ1) is 13.8. The number of nitrogens with zero attached hydrogens (tertiary/aromatic N) is 2. The quantitative estimate of drug-likeness (QED) is 0.831. The molecule has 1 aromatic carbocycles. The van der Waals surface area contributed by atoms with Crippen LogP contribution in [0.2, 0.25) is 0 Å². The first-order valence-electron chi connectivity index (χ1n) is 6.80. The molecule has 1 aliphatic heterocycles. The fraction of sp³-hybridized carbons (Fsp3) is 0.438. The van der Waals surface area contributed by atoms with Gasteiger partial charge in [0.2, 0.25) is 0 Å². The highest BCUT2D eigenvalue weighted by Gasteiger charge is 2.25. The van der Waals surface area contributed by atoms with Gasteiger partial charge in [0.1, 0.15) is 0 Å². The number of hydrogen-bond donors (Lipinski definition) is 0. The third-order valence-corrected chi connectivity index (χ3v) is 3.81. The van der Waals surface area contributed by atoms with Gasteiger partial charge in [0.15, 0.2) is 0 Å². The second kappa shape index (κ2) is 6.02. The maximum atomic E-state index is 12.4. The van der Waals surface area contributed by atoms with Gasteiger partial charge < -0.3 is 9.80 Å². The lowest BCUT2D eigenvalue weighted by Crippen LogP contribution is -2.47. The molecule has 0 bridgehead atoms. The summed E-state index contributed by atoms with van der Waals surface area (Å²) in [5.41, 5.74) is 1.81. The molecule has 0 N–H and O–H groups in total. The number of amides is 1. The fourth-order valence-corrected chi connectivity index (χ4v) is 2.51. The Bertz CT molecular complexity index is 450. The van der Waals surface area contributed by atoms with E-state index in [1.807, 2.05) is 29.2 Å². The maximum absolute atomic E-state index is 12.4. The van der Waals surface area contributed by atoms with E-state index in [9.17, 15) is 4.79 Å². The summed E-state index contributed by atoms with van der Waals surface area (Å²) in [4.78, 5) is 16.6. The van der Waals surface area contributed by atoms with E-state index in [2.05, 4.69) is 25.6 Å². The van der Waals surface area contributed by atoms with Crippen molar-refractivity contribution in [3.8, 4) is 0 Å². The molecule has 1 fully saturated rings. The summed E-state index contributed by atoms with van der Waals surface area (Å²) in [6.07, 6.45) is 4.04. The Morgan fingerprint density at radius 2 is 2.05 bits per heavy atom. The predicted molar refractivity (Wildman–Crippen MR) is 79.1 cm³/mol. The maximum Gasteiger partial charge on any atom is 0.253 e. The van der Waals surface area contributed by atoms with Gasteiger partial charge in [-0.15, -0.1) is 0 Å². The third-order valence-electron chi connectivity index (χ3n) is 3.81. The molecular weight excluding hydrogens is 236 g/mol. The van der Waals surface area contributed by atoms with Gasteiger partial charge in [-0.2, -0.15) is 0 Å². The number of rotatable bonds is 3. The van der Waals surface area contributed by atoms with Gasteiger partial charge in [-0.25, -0.2) is 0 Å². The molecule has 0 aliphatic carbocycles. The lowest BCUT2D eigenvalue weighted by molar-refractivity contribution is 0.0635. The van der Waals surface area contributed by atoms with E-state index < -0.39 is 0 Å². The van der Waals surface area contributed by atoms with Crippen LogP contribution >= 0.6 is 0 Å². The Labute approximate surface area is 115 Å². The van der Waals surface area contributed by atoms with Crippen molar-refractivity contribution in [2.24, 2.45) is 0 Å². The highest BCUT2D eigenvalue weighted by molar-refractivity contribution is 5.94. The van der Waals surface area contributed by atoms with Gasteiger partial charge in [0.05, 0.1) is 0 Å². The third kappa shape index (κ3) is 3.24. The summed E-state index contributed by atoms with van der Waals surface area (Å²) in [5.74, 6) is 0.141. The van der Waals surface area contributed by atoms with Crippen LogP contribution in [0.1, 0.15) is 28.8 Å². The van der Waals surface area contributed by atoms with Crippen molar-refractivity contribution in [2.75, 3.05) is 27.2 Å². The number of likely N-dealkylation sites (N-methyl/N-ethyl adjacent to an activating group) is 1. The zero-order valence-corrected chi connectivity index (χ0v) is 11.8. The van der Waals surface area contributed by atoms with Gasteiger partial charge in [0.25, 0.3) is 5.91 Å². The summed E-state index contributed by atoms with van der Waals surface area (Å²) in [6.45, 7) is 5.42. The Hall–Kier alpha value is -1.61. The number of carbonyl (C=O) groups is 1. The largest absolute Gasteiger partial charge is 0.337 e. The number of hydrogen-bond acceptors (Lipinski definition) is 2. The van der Waals surface area contributed by atoms with Crippen LogP contribution in [0.3, 0.4) is 0 Å². The summed E-state index contributed by atoms with van der Waals surface area (Å²) in [5, 5.41) is 0. The summed E-state index contributed by atoms with van der Waals surface area (Å²) in [7, 11) is 4.16. The van der Waals surface area contributed by atoms with Crippen molar-refractivity contribution in [3.05, 3.63) is 42.0 Å². The van der Waals surface area contributed by atoms with Crippen molar-refractivity contribution in [1.29, 1.82) is 0 Å². The number of benzene rings is 1. The Kier molecular flexibility index (Phi) is 4.38.